The zero-order chi connectivity index (χ0) is 13.1. The molecule has 2 rings (SSSR count). The second-order valence-corrected chi connectivity index (χ2v) is 5.33. The minimum absolute atomic E-state index is 0.273. The Hall–Kier alpha value is -1.10. The van der Waals surface area contributed by atoms with Crippen LogP contribution in [0.5, 0.6) is 0 Å². The molecule has 18 heavy (non-hydrogen) atoms. The smallest absolute Gasteiger partial charge is 0.107 e. The monoisotopic (exact) mass is 340 g/mol. The summed E-state index contributed by atoms with van der Waals surface area (Å²) in [6.45, 7) is 0. The van der Waals surface area contributed by atoms with E-state index in [4.69, 9.17) is 29.6 Å². The Morgan fingerprint density at radius 2 is 1.78 bits per heavy atom. The van der Waals surface area contributed by atoms with Gasteiger partial charge in [-0.3, -0.25) is 0 Å². The molecule has 0 aliphatic rings. The van der Waals surface area contributed by atoms with Crippen LogP contribution in [0.2, 0.25) is 5.02 Å². The SMILES string of the molecule is NC(=S)c1c(Cl)cccc1Nc1ccccc1Br. The number of hydrogen-bond donors (Lipinski definition) is 2. The lowest BCUT2D eigenvalue weighted by Gasteiger charge is -2.13. The Balaban J connectivity index is 2.44. The van der Waals surface area contributed by atoms with Crippen molar-refractivity contribution in [3.8, 4) is 0 Å². The maximum atomic E-state index is 6.11. The molecule has 3 N–H and O–H groups in total. The number of nitrogens with two attached hydrogens (primary N) is 1. The molecule has 0 radical (unpaired) electrons. The number of para-hydroxylation sites is 1. The van der Waals surface area contributed by atoms with Crippen molar-refractivity contribution in [1.29, 1.82) is 0 Å². The van der Waals surface area contributed by atoms with Gasteiger partial charge in [0.25, 0.3) is 0 Å². The van der Waals surface area contributed by atoms with Crippen molar-refractivity contribution in [1.82, 2.24) is 0 Å². The van der Waals surface area contributed by atoms with Gasteiger partial charge in [0.1, 0.15) is 4.99 Å². The molecule has 0 fully saturated rings. The molecule has 0 amide bonds. The fourth-order valence-corrected chi connectivity index (χ4v) is 2.52. The van der Waals surface area contributed by atoms with Gasteiger partial charge in [-0.15, -0.1) is 0 Å². The fraction of sp³-hybridized carbons (Fsp3) is 0. The average Bonchev–Trinajstić information content (AvgIpc) is 2.31. The highest BCUT2D eigenvalue weighted by atomic mass is 79.9. The third-order valence-electron chi connectivity index (χ3n) is 2.40. The van der Waals surface area contributed by atoms with Crippen LogP contribution in [0.15, 0.2) is 46.9 Å². The van der Waals surface area contributed by atoms with Crippen LogP contribution in [0.3, 0.4) is 0 Å². The van der Waals surface area contributed by atoms with E-state index >= 15 is 0 Å². The second kappa shape index (κ2) is 5.69. The van der Waals surface area contributed by atoms with E-state index in [1.165, 1.54) is 0 Å². The first-order valence-electron chi connectivity index (χ1n) is 5.19. The Kier molecular flexibility index (Phi) is 4.22. The summed E-state index contributed by atoms with van der Waals surface area (Å²) < 4.78 is 0.957. The summed E-state index contributed by atoms with van der Waals surface area (Å²) in [5.74, 6) is 0. The number of thiocarbonyl (C=S) groups is 1. The molecule has 5 heteroatoms. The van der Waals surface area contributed by atoms with Crippen LogP contribution < -0.4 is 11.1 Å². The van der Waals surface area contributed by atoms with Gasteiger partial charge in [-0.2, -0.15) is 0 Å². The van der Waals surface area contributed by atoms with Gasteiger partial charge >= 0.3 is 0 Å². The highest BCUT2D eigenvalue weighted by Gasteiger charge is 2.10. The number of anilines is 2. The molecule has 0 bridgehead atoms. The lowest BCUT2D eigenvalue weighted by atomic mass is 10.1. The summed E-state index contributed by atoms with van der Waals surface area (Å²) in [5.41, 5.74) is 8.08. The van der Waals surface area contributed by atoms with E-state index in [0.29, 0.717) is 10.6 Å². The molecule has 0 unspecified atom stereocenters. The van der Waals surface area contributed by atoms with Gasteiger partial charge < -0.3 is 11.1 Å². The van der Waals surface area contributed by atoms with E-state index < -0.39 is 0 Å². The maximum Gasteiger partial charge on any atom is 0.107 e. The number of nitrogens with one attached hydrogen (secondary N) is 1. The van der Waals surface area contributed by atoms with Crippen LogP contribution in [0.1, 0.15) is 5.56 Å². The molecule has 0 saturated carbocycles. The van der Waals surface area contributed by atoms with Crippen LogP contribution in [-0.4, -0.2) is 4.99 Å². The van der Waals surface area contributed by atoms with E-state index in [9.17, 15) is 0 Å². The largest absolute Gasteiger partial charge is 0.389 e. The van der Waals surface area contributed by atoms with Crippen molar-refractivity contribution in [2.45, 2.75) is 0 Å². The summed E-state index contributed by atoms with van der Waals surface area (Å²) >= 11 is 14.6. The van der Waals surface area contributed by atoms with Crippen molar-refractivity contribution in [3.63, 3.8) is 0 Å². The number of rotatable bonds is 3. The first-order chi connectivity index (χ1) is 8.59. The van der Waals surface area contributed by atoms with Crippen LogP contribution in [-0.2, 0) is 0 Å². The molecule has 0 heterocycles. The minimum Gasteiger partial charge on any atom is -0.389 e. The molecule has 2 aromatic carbocycles. The normalized spacial score (nSPS) is 10.1. The van der Waals surface area contributed by atoms with Crippen LogP contribution in [0, 0.1) is 0 Å². The molecule has 2 aromatic rings. The van der Waals surface area contributed by atoms with Gasteiger partial charge in [0.05, 0.1) is 22.0 Å². The van der Waals surface area contributed by atoms with Crippen LogP contribution >= 0.6 is 39.7 Å². The predicted octanol–water partition coefficient (Wildman–Crippen LogP) is 4.48. The Labute approximate surface area is 124 Å². The van der Waals surface area contributed by atoms with Gasteiger partial charge in [-0.05, 0) is 40.2 Å². The van der Waals surface area contributed by atoms with E-state index in [2.05, 4.69) is 21.2 Å². The van der Waals surface area contributed by atoms with Crippen molar-refractivity contribution >= 4 is 56.1 Å². The van der Waals surface area contributed by atoms with E-state index in [1.54, 1.807) is 6.07 Å². The number of benzene rings is 2. The quantitative estimate of drug-likeness (QED) is 0.808. The Morgan fingerprint density at radius 3 is 2.44 bits per heavy atom. The molecule has 0 atom stereocenters. The minimum atomic E-state index is 0.273. The zero-order valence-corrected chi connectivity index (χ0v) is 12.4. The lowest BCUT2D eigenvalue weighted by Crippen LogP contribution is -2.12. The zero-order valence-electron chi connectivity index (χ0n) is 9.28. The molecular weight excluding hydrogens is 332 g/mol. The van der Waals surface area contributed by atoms with Gasteiger partial charge in [0.2, 0.25) is 0 Å². The van der Waals surface area contributed by atoms with Crippen LogP contribution in [0.25, 0.3) is 0 Å². The van der Waals surface area contributed by atoms with Gasteiger partial charge in [-0.1, -0.05) is 42.0 Å². The van der Waals surface area contributed by atoms with E-state index in [0.717, 1.165) is 15.8 Å². The van der Waals surface area contributed by atoms with Crippen molar-refractivity contribution < 1.29 is 0 Å². The molecular formula is C13H10BrClN2S. The third-order valence-corrected chi connectivity index (χ3v) is 3.61. The Morgan fingerprint density at radius 1 is 1.11 bits per heavy atom. The standard InChI is InChI=1S/C13H10BrClN2S/c14-8-4-1-2-6-10(8)17-11-7-3-5-9(15)12(11)13(16)18/h1-7,17H,(H2,16,18). The van der Waals surface area contributed by atoms with Crippen LogP contribution in [0.4, 0.5) is 11.4 Å². The lowest BCUT2D eigenvalue weighted by molar-refractivity contribution is 1.50. The Bertz CT molecular complexity index is 601. The van der Waals surface area contributed by atoms with Gasteiger partial charge in [0, 0.05) is 4.47 Å². The van der Waals surface area contributed by atoms with E-state index in [1.807, 2.05) is 36.4 Å². The predicted molar refractivity (Wildman–Crippen MR) is 84.8 cm³/mol. The molecule has 0 aliphatic heterocycles. The molecule has 92 valence electrons. The van der Waals surface area contributed by atoms with Gasteiger partial charge in [0.15, 0.2) is 0 Å². The van der Waals surface area contributed by atoms with Gasteiger partial charge in [-0.25, -0.2) is 0 Å². The summed E-state index contributed by atoms with van der Waals surface area (Å²) in [4.78, 5) is 0.273. The summed E-state index contributed by atoms with van der Waals surface area (Å²) in [6, 6.07) is 13.3. The average molecular weight is 342 g/mol. The number of hydrogen-bond acceptors (Lipinski definition) is 2. The summed E-state index contributed by atoms with van der Waals surface area (Å²) in [5, 5.41) is 3.81. The topological polar surface area (TPSA) is 38.0 Å². The summed E-state index contributed by atoms with van der Waals surface area (Å²) in [6.07, 6.45) is 0. The molecule has 0 aromatic heterocycles. The molecule has 0 saturated heterocycles. The van der Waals surface area contributed by atoms with Crippen molar-refractivity contribution in [2.24, 2.45) is 5.73 Å². The highest BCUT2D eigenvalue weighted by Crippen LogP contribution is 2.30. The molecule has 2 nitrogen and oxygen atoms in total. The summed E-state index contributed by atoms with van der Waals surface area (Å²) in [7, 11) is 0. The van der Waals surface area contributed by atoms with E-state index in [-0.39, 0.29) is 4.99 Å². The third kappa shape index (κ3) is 2.83. The van der Waals surface area contributed by atoms with Crippen molar-refractivity contribution in [2.75, 3.05) is 5.32 Å². The van der Waals surface area contributed by atoms with Crippen molar-refractivity contribution in [3.05, 3.63) is 57.5 Å². The first-order valence-corrected chi connectivity index (χ1v) is 6.77. The molecule has 0 spiro atoms. The fourth-order valence-electron chi connectivity index (χ4n) is 1.59. The highest BCUT2D eigenvalue weighted by molar-refractivity contribution is 9.10. The number of halogens is 2. The first kappa shape index (κ1) is 13.3. The maximum absolute atomic E-state index is 6.11. The second-order valence-electron chi connectivity index (χ2n) is 3.63. The molecule has 0 aliphatic carbocycles.